The molecule has 2 heterocycles. The lowest BCUT2D eigenvalue weighted by molar-refractivity contribution is -0.148. The third-order valence-electron chi connectivity index (χ3n) is 5.69. The van der Waals surface area contributed by atoms with Crippen molar-refractivity contribution in [3.05, 3.63) is 35.9 Å². The van der Waals surface area contributed by atoms with E-state index in [1.54, 1.807) is 32.9 Å². The number of nitrogens with zero attached hydrogens (tertiary/aromatic N) is 1. The summed E-state index contributed by atoms with van der Waals surface area (Å²) in [5.41, 5.74) is 0.0459. The number of ether oxygens (including phenoxy) is 2. The van der Waals surface area contributed by atoms with Crippen LogP contribution >= 0.6 is 0 Å². The number of fused-ring (bicyclic) bond motifs is 2. The number of esters is 1. The second kappa shape index (κ2) is 8.52. The second-order valence-electron chi connectivity index (χ2n) is 9.01. The summed E-state index contributed by atoms with van der Waals surface area (Å²) in [7, 11) is 2.20. The average Bonchev–Trinajstić information content (AvgIpc) is 2.84. The molecule has 2 unspecified atom stereocenters. The lowest BCUT2D eigenvalue weighted by atomic mass is 9.92. The minimum Gasteiger partial charge on any atom is -0.464 e. The van der Waals surface area contributed by atoms with Crippen molar-refractivity contribution in [1.29, 1.82) is 0 Å². The molecule has 0 radical (unpaired) electrons. The molecule has 2 saturated heterocycles. The summed E-state index contributed by atoms with van der Waals surface area (Å²) in [6, 6.07) is 9.48. The molecule has 2 bridgehead atoms. The van der Waals surface area contributed by atoms with Gasteiger partial charge in [-0.1, -0.05) is 30.3 Å². The van der Waals surface area contributed by atoms with Crippen molar-refractivity contribution in [2.45, 2.75) is 70.2 Å². The number of alkyl carbamates (subject to hydrolysis) is 1. The normalized spacial score (nSPS) is 25.8. The van der Waals surface area contributed by atoms with Crippen molar-refractivity contribution in [1.82, 2.24) is 10.2 Å². The standard InChI is InChI=1S/C22H32N2O4/c1-22(2,3)28-21(26)23-19(16-8-6-5-7-9-16)20(25)27-14-15-12-17-10-11-18(13-15)24(17)4/h5-9,15,17-19H,10-14H2,1-4H3,(H,23,26)/t15?,17-,18+,19?. The van der Waals surface area contributed by atoms with Gasteiger partial charge in [0.15, 0.2) is 6.04 Å². The van der Waals surface area contributed by atoms with E-state index >= 15 is 0 Å². The minimum atomic E-state index is -0.876. The van der Waals surface area contributed by atoms with Crippen LogP contribution in [0.3, 0.4) is 0 Å². The van der Waals surface area contributed by atoms with Gasteiger partial charge >= 0.3 is 12.1 Å². The van der Waals surface area contributed by atoms with E-state index in [1.165, 1.54) is 12.8 Å². The molecule has 1 aromatic carbocycles. The fourth-order valence-electron chi connectivity index (χ4n) is 4.29. The molecule has 2 aliphatic rings. The van der Waals surface area contributed by atoms with Gasteiger partial charge in [0, 0.05) is 12.1 Å². The Balaban J connectivity index is 1.61. The van der Waals surface area contributed by atoms with Gasteiger partial charge in [0.1, 0.15) is 5.60 Å². The van der Waals surface area contributed by atoms with E-state index in [1.807, 2.05) is 18.2 Å². The molecule has 4 atom stereocenters. The number of nitrogens with one attached hydrogen (secondary N) is 1. The van der Waals surface area contributed by atoms with Crippen molar-refractivity contribution in [2.75, 3.05) is 13.7 Å². The molecule has 0 aliphatic carbocycles. The van der Waals surface area contributed by atoms with Gasteiger partial charge in [-0.3, -0.25) is 0 Å². The van der Waals surface area contributed by atoms with Crippen LogP contribution in [0.15, 0.2) is 30.3 Å². The number of hydrogen-bond acceptors (Lipinski definition) is 5. The molecule has 28 heavy (non-hydrogen) atoms. The molecule has 0 aromatic heterocycles. The fourth-order valence-corrected chi connectivity index (χ4v) is 4.29. The number of benzene rings is 1. The van der Waals surface area contributed by atoms with Crippen LogP contribution in [0.1, 0.15) is 58.1 Å². The highest BCUT2D eigenvalue weighted by Crippen LogP contribution is 2.37. The van der Waals surface area contributed by atoms with Gasteiger partial charge in [-0.2, -0.15) is 0 Å². The maximum atomic E-state index is 12.8. The largest absolute Gasteiger partial charge is 0.464 e. The molecular weight excluding hydrogens is 356 g/mol. The molecule has 6 nitrogen and oxygen atoms in total. The number of rotatable bonds is 5. The third-order valence-corrected chi connectivity index (χ3v) is 5.69. The Morgan fingerprint density at radius 3 is 2.32 bits per heavy atom. The van der Waals surface area contributed by atoms with E-state index in [0.717, 1.165) is 12.8 Å². The van der Waals surface area contributed by atoms with Crippen molar-refractivity contribution in [3.63, 3.8) is 0 Å². The number of hydrogen-bond donors (Lipinski definition) is 1. The van der Waals surface area contributed by atoms with Crippen LogP contribution in [-0.2, 0) is 14.3 Å². The van der Waals surface area contributed by atoms with Gasteiger partial charge in [0.05, 0.1) is 6.61 Å². The summed E-state index contributed by atoms with van der Waals surface area (Å²) in [6.07, 6.45) is 3.97. The van der Waals surface area contributed by atoms with E-state index in [-0.39, 0.29) is 0 Å². The number of carbonyl (C=O) groups is 2. The summed E-state index contributed by atoms with van der Waals surface area (Å²) in [5, 5.41) is 2.67. The maximum Gasteiger partial charge on any atom is 0.408 e. The minimum absolute atomic E-state index is 0.385. The molecule has 1 N–H and O–H groups in total. The van der Waals surface area contributed by atoms with Crippen molar-refractivity contribution < 1.29 is 19.1 Å². The first-order chi connectivity index (χ1) is 13.2. The monoisotopic (exact) mass is 388 g/mol. The summed E-state index contributed by atoms with van der Waals surface area (Å²) >= 11 is 0. The first-order valence-electron chi connectivity index (χ1n) is 10.2. The Hall–Kier alpha value is -2.08. The Bertz CT molecular complexity index is 672. The number of amides is 1. The van der Waals surface area contributed by atoms with Crippen LogP contribution in [0.25, 0.3) is 0 Å². The van der Waals surface area contributed by atoms with Gasteiger partial charge in [0.2, 0.25) is 0 Å². The topological polar surface area (TPSA) is 67.9 Å². The van der Waals surface area contributed by atoms with Crippen LogP contribution < -0.4 is 5.32 Å². The molecule has 154 valence electrons. The molecule has 6 heteroatoms. The fraction of sp³-hybridized carbons (Fsp3) is 0.636. The van der Waals surface area contributed by atoms with Gasteiger partial charge < -0.3 is 19.7 Å². The summed E-state index contributed by atoms with van der Waals surface area (Å²) in [4.78, 5) is 27.5. The quantitative estimate of drug-likeness (QED) is 0.780. The van der Waals surface area contributed by atoms with Crippen LogP contribution in [0.4, 0.5) is 4.79 Å². The van der Waals surface area contributed by atoms with E-state index in [9.17, 15) is 9.59 Å². The van der Waals surface area contributed by atoms with Gasteiger partial charge in [-0.25, -0.2) is 9.59 Å². The molecule has 3 rings (SSSR count). The highest BCUT2D eigenvalue weighted by atomic mass is 16.6. The van der Waals surface area contributed by atoms with E-state index in [4.69, 9.17) is 9.47 Å². The first kappa shape index (κ1) is 20.6. The summed E-state index contributed by atoms with van der Waals surface area (Å²) < 4.78 is 11.0. The van der Waals surface area contributed by atoms with E-state index in [2.05, 4.69) is 17.3 Å². The van der Waals surface area contributed by atoms with Gasteiger partial charge in [-0.05, 0) is 65.0 Å². The van der Waals surface area contributed by atoms with Crippen LogP contribution in [0.2, 0.25) is 0 Å². The molecule has 2 aliphatic heterocycles. The maximum absolute atomic E-state index is 12.8. The second-order valence-corrected chi connectivity index (χ2v) is 9.01. The number of piperidine rings is 1. The Labute approximate surface area is 167 Å². The zero-order valence-electron chi connectivity index (χ0n) is 17.3. The van der Waals surface area contributed by atoms with E-state index < -0.39 is 23.7 Å². The average molecular weight is 389 g/mol. The van der Waals surface area contributed by atoms with Crippen molar-refractivity contribution >= 4 is 12.1 Å². The molecule has 1 aromatic rings. The highest BCUT2D eigenvalue weighted by Gasteiger charge is 2.39. The Kier molecular flexibility index (Phi) is 6.28. The lowest BCUT2D eigenvalue weighted by Crippen LogP contribution is -2.42. The SMILES string of the molecule is CN1[C@@H]2CC[C@H]1CC(COC(=O)C(NC(=O)OC(C)(C)C)c1ccccc1)C2. The van der Waals surface area contributed by atoms with Crippen LogP contribution in [-0.4, -0.2) is 48.3 Å². The number of carbonyl (C=O) groups excluding carboxylic acids is 2. The first-order valence-corrected chi connectivity index (χ1v) is 10.2. The molecular formula is C22H32N2O4. The van der Waals surface area contributed by atoms with Crippen molar-refractivity contribution in [2.24, 2.45) is 5.92 Å². The smallest absolute Gasteiger partial charge is 0.408 e. The zero-order chi connectivity index (χ0) is 20.3. The zero-order valence-corrected chi connectivity index (χ0v) is 17.3. The van der Waals surface area contributed by atoms with Crippen molar-refractivity contribution in [3.8, 4) is 0 Å². The Morgan fingerprint density at radius 2 is 1.75 bits per heavy atom. The Morgan fingerprint density at radius 1 is 1.14 bits per heavy atom. The van der Waals surface area contributed by atoms with E-state index in [0.29, 0.717) is 30.2 Å². The predicted molar refractivity (Wildman–Crippen MR) is 107 cm³/mol. The van der Waals surface area contributed by atoms with Crippen LogP contribution in [0.5, 0.6) is 0 Å². The molecule has 0 saturated carbocycles. The summed E-state index contributed by atoms with van der Waals surface area (Å²) in [5.74, 6) is -0.0565. The lowest BCUT2D eigenvalue weighted by Gasteiger charge is -2.36. The van der Waals surface area contributed by atoms with Gasteiger partial charge in [0.25, 0.3) is 0 Å². The molecule has 1 amide bonds. The van der Waals surface area contributed by atoms with Gasteiger partial charge in [-0.15, -0.1) is 0 Å². The molecule has 0 spiro atoms. The predicted octanol–water partition coefficient (Wildman–Crippen LogP) is 3.67. The van der Waals surface area contributed by atoms with Crippen LogP contribution in [0, 0.1) is 5.92 Å². The molecule has 2 fully saturated rings. The highest BCUT2D eigenvalue weighted by molar-refractivity contribution is 5.82. The summed E-state index contributed by atoms with van der Waals surface area (Å²) in [6.45, 7) is 5.77. The third kappa shape index (κ3) is 5.25.